The fraction of sp³-hybridized carbons (Fsp3) is 0.231. The van der Waals surface area contributed by atoms with Crippen LogP contribution in [0.4, 0.5) is 4.39 Å². The summed E-state index contributed by atoms with van der Waals surface area (Å²) in [6, 6.07) is 6.27. The van der Waals surface area contributed by atoms with Crippen molar-refractivity contribution in [1.82, 2.24) is 15.4 Å². The normalized spacial score (nSPS) is 12.4. The molecule has 0 aliphatic heterocycles. The van der Waals surface area contributed by atoms with Crippen molar-refractivity contribution in [2.45, 2.75) is 19.4 Å². The zero-order chi connectivity index (χ0) is 13.8. The Labute approximate surface area is 119 Å². The molecule has 0 fully saturated rings. The molecule has 1 aromatic heterocycles. The lowest BCUT2D eigenvalue weighted by Gasteiger charge is -2.16. The van der Waals surface area contributed by atoms with Crippen LogP contribution in [0, 0.1) is 12.7 Å². The lowest BCUT2D eigenvalue weighted by atomic mass is 10.0. The van der Waals surface area contributed by atoms with Gasteiger partial charge in [0.25, 0.3) is 0 Å². The number of nitrogens with two attached hydrogens (primary N) is 1. The molecule has 1 heterocycles. The van der Waals surface area contributed by atoms with Crippen molar-refractivity contribution >= 4 is 15.9 Å². The van der Waals surface area contributed by atoms with Crippen molar-refractivity contribution in [2.24, 2.45) is 5.84 Å². The summed E-state index contributed by atoms with van der Waals surface area (Å²) in [6.45, 7) is 1.82. The molecule has 0 amide bonds. The highest BCUT2D eigenvalue weighted by Crippen LogP contribution is 2.23. The Morgan fingerprint density at radius 2 is 2.21 bits per heavy atom. The Morgan fingerprint density at radius 3 is 2.84 bits per heavy atom. The molecule has 0 saturated heterocycles. The molecule has 0 saturated carbocycles. The van der Waals surface area contributed by atoms with Gasteiger partial charge in [-0.2, -0.15) is 0 Å². The van der Waals surface area contributed by atoms with E-state index in [4.69, 9.17) is 5.84 Å². The smallest absolute Gasteiger partial charge is 0.125 e. The number of hydrogen-bond donors (Lipinski definition) is 2. The molecule has 0 bridgehead atoms. The minimum Gasteiger partial charge on any atom is -0.271 e. The minimum absolute atomic E-state index is 0.150. The van der Waals surface area contributed by atoms with Gasteiger partial charge in [-0.1, -0.05) is 22.0 Å². The maximum absolute atomic E-state index is 13.1. The number of aromatic nitrogens is 2. The van der Waals surface area contributed by atoms with E-state index < -0.39 is 0 Å². The van der Waals surface area contributed by atoms with E-state index in [1.807, 2.05) is 13.0 Å². The summed E-state index contributed by atoms with van der Waals surface area (Å²) < 4.78 is 13.8. The van der Waals surface area contributed by atoms with Crippen LogP contribution >= 0.6 is 15.9 Å². The van der Waals surface area contributed by atoms with Crippen LogP contribution in [0.5, 0.6) is 0 Å². The van der Waals surface area contributed by atoms with E-state index in [1.54, 1.807) is 12.3 Å². The van der Waals surface area contributed by atoms with E-state index in [0.29, 0.717) is 12.2 Å². The van der Waals surface area contributed by atoms with Crippen molar-refractivity contribution in [3.63, 3.8) is 0 Å². The van der Waals surface area contributed by atoms with E-state index in [2.05, 4.69) is 31.3 Å². The van der Waals surface area contributed by atoms with E-state index in [9.17, 15) is 4.39 Å². The second-order valence-corrected chi connectivity index (χ2v) is 5.04. The second kappa shape index (κ2) is 6.18. The highest BCUT2D eigenvalue weighted by atomic mass is 79.9. The molecule has 0 aliphatic rings. The zero-order valence-corrected chi connectivity index (χ0v) is 12.0. The van der Waals surface area contributed by atoms with Crippen LogP contribution in [-0.2, 0) is 6.42 Å². The van der Waals surface area contributed by atoms with E-state index in [1.165, 1.54) is 12.1 Å². The van der Waals surface area contributed by atoms with Gasteiger partial charge < -0.3 is 0 Å². The van der Waals surface area contributed by atoms with Gasteiger partial charge in [0.05, 0.1) is 11.7 Å². The Balaban J connectivity index is 2.24. The van der Waals surface area contributed by atoms with Gasteiger partial charge in [-0.15, -0.1) is 0 Å². The number of nitrogens with zero attached hydrogens (tertiary/aromatic N) is 2. The lowest BCUT2D eigenvalue weighted by Crippen LogP contribution is -2.30. The molecular weight excluding hydrogens is 311 g/mol. The molecule has 1 aromatic carbocycles. The number of benzene rings is 1. The molecule has 4 nitrogen and oxygen atoms in total. The van der Waals surface area contributed by atoms with Gasteiger partial charge in [0.15, 0.2) is 0 Å². The number of hydrazine groups is 1. The van der Waals surface area contributed by atoms with Gasteiger partial charge >= 0.3 is 0 Å². The van der Waals surface area contributed by atoms with Crippen molar-refractivity contribution < 1.29 is 4.39 Å². The van der Waals surface area contributed by atoms with Crippen LogP contribution in [0.15, 0.2) is 34.9 Å². The van der Waals surface area contributed by atoms with Crippen molar-refractivity contribution in [3.8, 4) is 0 Å². The zero-order valence-electron chi connectivity index (χ0n) is 10.4. The van der Waals surface area contributed by atoms with Gasteiger partial charge in [0.2, 0.25) is 0 Å². The first kappa shape index (κ1) is 14.0. The first-order valence-electron chi connectivity index (χ1n) is 5.79. The molecule has 2 aromatic rings. The number of nitrogens with one attached hydrogen (secondary N) is 1. The molecule has 0 radical (unpaired) electrons. The van der Waals surface area contributed by atoms with Crippen LogP contribution in [0.3, 0.4) is 0 Å². The van der Waals surface area contributed by atoms with Crippen molar-refractivity contribution in [2.75, 3.05) is 0 Å². The van der Waals surface area contributed by atoms with Crippen LogP contribution in [0.2, 0.25) is 0 Å². The lowest BCUT2D eigenvalue weighted by molar-refractivity contribution is 0.534. The fourth-order valence-corrected chi connectivity index (χ4v) is 2.34. The molecule has 0 aliphatic carbocycles. The highest BCUT2D eigenvalue weighted by Gasteiger charge is 2.14. The summed E-state index contributed by atoms with van der Waals surface area (Å²) in [5, 5.41) is 0. The summed E-state index contributed by atoms with van der Waals surface area (Å²) >= 11 is 3.35. The number of aryl methyl sites for hydroxylation is 1. The third-order valence-corrected chi connectivity index (χ3v) is 3.53. The molecule has 100 valence electrons. The van der Waals surface area contributed by atoms with E-state index in [-0.39, 0.29) is 11.9 Å². The average Bonchev–Trinajstić information content (AvgIpc) is 2.38. The Morgan fingerprint density at radius 1 is 1.42 bits per heavy atom. The van der Waals surface area contributed by atoms with Crippen LogP contribution in [0.25, 0.3) is 0 Å². The standard InChI is InChI=1S/C13H14BrFN4/c1-8-17-5-4-12(18-8)13(19-16)6-9-2-3-10(15)7-11(9)14/h2-5,7,13,19H,6,16H2,1H3. The third-order valence-electron chi connectivity index (χ3n) is 2.79. The predicted molar refractivity (Wildman–Crippen MR) is 74.6 cm³/mol. The molecular formula is C13H14BrFN4. The first-order chi connectivity index (χ1) is 9.10. The summed E-state index contributed by atoms with van der Waals surface area (Å²) in [5.74, 6) is 6.00. The second-order valence-electron chi connectivity index (χ2n) is 4.19. The Kier molecular flexibility index (Phi) is 4.57. The molecule has 2 rings (SSSR count). The van der Waals surface area contributed by atoms with Gasteiger partial charge in [-0.25, -0.2) is 14.4 Å². The highest BCUT2D eigenvalue weighted by molar-refractivity contribution is 9.10. The van der Waals surface area contributed by atoms with E-state index in [0.717, 1.165) is 15.7 Å². The Bertz CT molecular complexity index is 576. The van der Waals surface area contributed by atoms with Gasteiger partial charge in [-0.05, 0) is 37.1 Å². The Hall–Kier alpha value is -1.37. The first-order valence-corrected chi connectivity index (χ1v) is 6.59. The quantitative estimate of drug-likeness (QED) is 0.669. The number of hydrogen-bond acceptors (Lipinski definition) is 4. The van der Waals surface area contributed by atoms with Crippen molar-refractivity contribution in [1.29, 1.82) is 0 Å². The SMILES string of the molecule is Cc1nccc(C(Cc2ccc(F)cc2Br)NN)n1. The summed E-state index contributed by atoms with van der Waals surface area (Å²) in [5.41, 5.74) is 4.50. The van der Waals surface area contributed by atoms with Gasteiger partial charge in [0.1, 0.15) is 11.6 Å². The number of halogens is 2. The topological polar surface area (TPSA) is 63.8 Å². The summed E-state index contributed by atoms with van der Waals surface area (Å²) in [6.07, 6.45) is 2.30. The fourth-order valence-electron chi connectivity index (χ4n) is 1.82. The third kappa shape index (κ3) is 3.56. The minimum atomic E-state index is -0.272. The molecule has 1 unspecified atom stereocenters. The molecule has 0 spiro atoms. The van der Waals surface area contributed by atoms with Crippen LogP contribution < -0.4 is 11.3 Å². The van der Waals surface area contributed by atoms with Crippen LogP contribution in [0.1, 0.15) is 23.1 Å². The molecule has 3 N–H and O–H groups in total. The van der Waals surface area contributed by atoms with Crippen molar-refractivity contribution in [3.05, 3.63) is 57.8 Å². The van der Waals surface area contributed by atoms with E-state index >= 15 is 0 Å². The maximum Gasteiger partial charge on any atom is 0.125 e. The molecule has 1 atom stereocenters. The molecule has 6 heteroatoms. The molecule has 19 heavy (non-hydrogen) atoms. The predicted octanol–water partition coefficient (Wildman–Crippen LogP) is 2.43. The van der Waals surface area contributed by atoms with Gasteiger partial charge in [0, 0.05) is 10.7 Å². The average molecular weight is 325 g/mol. The number of rotatable bonds is 4. The maximum atomic E-state index is 13.1. The van der Waals surface area contributed by atoms with Gasteiger partial charge in [-0.3, -0.25) is 11.3 Å². The monoisotopic (exact) mass is 324 g/mol. The summed E-state index contributed by atoms with van der Waals surface area (Å²) in [7, 11) is 0. The van der Waals surface area contributed by atoms with Crippen LogP contribution in [-0.4, -0.2) is 9.97 Å². The largest absolute Gasteiger partial charge is 0.271 e. The summed E-state index contributed by atoms with van der Waals surface area (Å²) in [4.78, 5) is 8.40.